The standard InChI is InChI=1S/C19H25N5O2/c1-15-20-18(21-26-15)14-23-9-7-22(8-10-23)12-16-11-19(25)24(13-16)17-5-3-2-4-6-17/h2-6,16H,7-14H2,1H3/t16-/m1/s1. The first-order chi connectivity index (χ1) is 12.7. The first-order valence-electron chi connectivity index (χ1n) is 9.26. The zero-order valence-corrected chi connectivity index (χ0v) is 15.2. The molecule has 1 aromatic heterocycles. The molecule has 2 aliphatic heterocycles. The van der Waals surface area contributed by atoms with Crippen LogP contribution in [0, 0.1) is 12.8 Å². The molecule has 1 atom stereocenters. The summed E-state index contributed by atoms with van der Waals surface area (Å²) in [6.45, 7) is 8.41. The highest BCUT2D eigenvalue weighted by atomic mass is 16.5. The van der Waals surface area contributed by atoms with Crippen LogP contribution in [0.2, 0.25) is 0 Å². The van der Waals surface area contributed by atoms with E-state index in [-0.39, 0.29) is 5.91 Å². The van der Waals surface area contributed by atoms with Crippen molar-refractivity contribution in [1.29, 1.82) is 0 Å². The number of para-hydroxylation sites is 1. The number of hydrogen-bond acceptors (Lipinski definition) is 6. The van der Waals surface area contributed by atoms with Crippen LogP contribution in [0.4, 0.5) is 5.69 Å². The number of aryl methyl sites for hydroxylation is 1. The summed E-state index contributed by atoms with van der Waals surface area (Å²) in [6.07, 6.45) is 0.650. The van der Waals surface area contributed by atoms with Crippen molar-refractivity contribution < 1.29 is 9.32 Å². The molecular weight excluding hydrogens is 330 g/mol. The first kappa shape index (κ1) is 17.2. The third kappa shape index (κ3) is 3.94. The molecule has 3 heterocycles. The van der Waals surface area contributed by atoms with Crippen molar-refractivity contribution in [1.82, 2.24) is 19.9 Å². The molecule has 0 aliphatic carbocycles. The summed E-state index contributed by atoms with van der Waals surface area (Å²) in [6, 6.07) is 9.98. The predicted octanol–water partition coefficient (Wildman–Crippen LogP) is 1.55. The number of hydrogen-bond donors (Lipinski definition) is 0. The maximum Gasteiger partial charge on any atom is 0.227 e. The normalized spacial score (nSPS) is 22.3. The van der Waals surface area contributed by atoms with Crippen LogP contribution < -0.4 is 4.90 Å². The summed E-state index contributed by atoms with van der Waals surface area (Å²) in [5, 5.41) is 3.97. The Hall–Kier alpha value is -2.25. The van der Waals surface area contributed by atoms with E-state index in [0.29, 0.717) is 18.2 Å². The average Bonchev–Trinajstić information content (AvgIpc) is 3.22. The molecule has 7 heteroatoms. The molecule has 1 aromatic carbocycles. The molecule has 4 rings (SSSR count). The summed E-state index contributed by atoms with van der Waals surface area (Å²) in [4.78, 5) is 23.4. The third-order valence-electron chi connectivity index (χ3n) is 5.19. The highest BCUT2D eigenvalue weighted by molar-refractivity contribution is 5.95. The van der Waals surface area contributed by atoms with Gasteiger partial charge in [0, 0.05) is 58.3 Å². The molecule has 7 nitrogen and oxygen atoms in total. The number of carbonyl (C=O) groups is 1. The molecule has 0 bridgehead atoms. The summed E-state index contributed by atoms with van der Waals surface area (Å²) >= 11 is 0. The van der Waals surface area contributed by atoms with Crippen LogP contribution in [-0.4, -0.2) is 65.1 Å². The second-order valence-corrected chi connectivity index (χ2v) is 7.22. The summed E-state index contributed by atoms with van der Waals surface area (Å²) < 4.78 is 5.04. The fourth-order valence-corrected chi connectivity index (χ4v) is 3.86. The Morgan fingerprint density at radius 2 is 1.85 bits per heavy atom. The zero-order chi connectivity index (χ0) is 17.9. The second-order valence-electron chi connectivity index (χ2n) is 7.22. The Morgan fingerprint density at radius 1 is 1.12 bits per heavy atom. The lowest BCUT2D eigenvalue weighted by Crippen LogP contribution is -2.47. The lowest BCUT2D eigenvalue weighted by atomic mass is 10.1. The van der Waals surface area contributed by atoms with Crippen LogP contribution >= 0.6 is 0 Å². The summed E-state index contributed by atoms with van der Waals surface area (Å²) in [7, 11) is 0. The van der Waals surface area contributed by atoms with Gasteiger partial charge >= 0.3 is 0 Å². The van der Waals surface area contributed by atoms with Crippen molar-refractivity contribution in [2.45, 2.75) is 19.9 Å². The van der Waals surface area contributed by atoms with Crippen LogP contribution in [0.3, 0.4) is 0 Å². The van der Waals surface area contributed by atoms with Crippen LogP contribution in [0.25, 0.3) is 0 Å². The van der Waals surface area contributed by atoms with Gasteiger partial charge in [-0.1, -0.05) is 23.4 Å². The quantitative estimate of drug-likeness (QED) is 0.811. The zero-order valence-electron chi connectivity index (χ0n) is 15.2. The molecule has 1 amide bonds. The highest BCUT2D eigenvalue weighted by Crippen LogP contribution is 2.25. The Morgan fingerprint density at radius 3 is 2.54 bits per heavy atom. The molecule has 0 spiro atoms. The molecule has 2 saturated heterocycles. The molecule has 2 aromatic rings. The Labute approximate surface area is 153 Å². The van der Waals surface area contributed by atoms with E-state index in [1.165, 1.54) is 0 Å². The first-order valence-corrected chi connectivity index (χ1v) is 9.26. The number of carbonyl (C=O) groups excluding carboxylic acids is 1. The largest absolute Gasteiger partial charge is 0.340 e. The number of rotatable bonds is 5. The number of benzene rings is 1. The van der Waals surface area contributed by atoms with Gasteiger partial charge in [0.1, 0.15) is 0 Å². The van der Waals surface area contributed by atoms with E-state index in [0.717, 1.165) is 57.3 Å². The lowest BCUT2D eigenvalue weighted by molar-refractivity contribution is -0.117. The van der Waals surface area contributed by atoms with E-state index in [9.17, 15) is 4.79 Å². The van der Waals surface area contributed by atoms with Crippen LogP contribution in [-0.2, 0) is 11.3 Å². The number of piperazine rings is 1. The number of amides is 1. The Bertz CT molecular complexity index is 739. The molecule has 0 N–H and O–H groups in total. The minimum Gasteiger partial charge on any atom is -0.340 e. The van der Waals surface area contributed by atoms with E-state index in [1.807, 2.05) is 42.2 Å². The van der Waals surface area contributed by atoms with Gasteiger partial charge in [-0.3, -0.25) is 9.69 Å². The molecule has 138 valence electrons. The molecule has 0 saturated carbocycles. The van der Waals surface area contributed by atoms with E-state index in [2.05, 4.69) is 19.9 Å². The number of aromatic nitrogens is 2. The van der Waals surface area contributed by atoms with Crippen molar-refractivity contribution in [2.24, 2.45) is 5.92 Å². The molecule has 2 aliphatic rings. The fourth-order valence-electron chi connectivity index (χ4n) is 3.86. The monoisotopic (exact) mass is 355 g/mol. The minimum absolute atomic E-state index is 0.243. The average molecular weight is 355 g/mol. The maximum absolute atomic E-state index is 12.4. The van der Waals surface area contributed by atoms with Gasteiger partial charge in [0.15, 0.2) is 5.82 Å². The van der Waals surface area contributed by atoms with Gasteiger partial charge in [-0.15, -0.1) is 0 Å². The van der Waals surface area contributed by atoms with E-state index in [1.54, 1.807) is 0 Å². The van der Waals surface area contributed by atoms with Gasteiger partial charge in [0.05, 0.1) is 6.54 Å². The fraction of sp³-hybridized carbons (Fsp3) is 0.526. The van der Waals surface area contributed by atoms with Crippen LogP contribution in [0.15, 0.2) is 34.9 Å². The van der Waals surface area contributed by atoms with E-state index < -0.39 is 0 Å². The van der Waals surface area contributed by atoms with Crippen molar-refractivity contribution in [2.75, 3.05) is 44.2 Å². The SMILES string of the molecule is Cc1nc(CN2CCN(C[C@H]3CC(=O)N(c4ccccc4)C3)CC2)no1. The van der Waals surface area contributed by atoms with E-state index >= 15 is 0 Å². The van der Waals surface area contributed by atoms with Crippen LogP contribution in [0.5, 0.6) is 0 Å². The topological polar surface area (TPSA) is 65.7 Å². The third-order valence-corrected chi connectivity index (χ3v) is 5.19. The highest BCUT2D eigenvalue weighted by Gasteiger charge is 2.32. The van der Waals surface area contributed by atoms with Gasteiger partial charge in [-0.2, -0.15) is 4.98 Å². The van der Waals surface area contributed by atoms with Gasteiger partial charge < -0.3 is 14.3 Å². The molecule has 0 radical (unpaired) electrons. The van der Waals surface area contributed by atoms with Crippen molar-refractivity contribution in [3.05, 3.63) is 42.0 Å². The van der Waals surface area contributed by atoms with Crippen LogP contribution in [0.1, 0.15) is 18.1 Å². The summed E-state index contributed by atoms with van der Waals surface area (Å²) in [5.41, 5.74) is 1.01. The van der Waals surface area contributed by atoms with Crippen molar-refractivity contribution in [3.63, 3.8) is 0 Å². The Kier molecular flexibility index (Phi) is 4.99. The smallest absolute Gasteiger partial charge is 0.227 e. The van der Waals surface area contributed by atoms with E-state index in [4.69, 9.17) is 4.52 Å². The maximum atomic E-state index is 12.4. The minimum atomic E-state index is 0.243. The lowest BCUT2D eigenvalue weighted by Gasteiger charge is -2.35. The summed E-state index contributed by atoms with van der Waals surface area (Å²) in [5.74, 6) is 2.03. The molecular formula is C19H25N5O2. The number of nitrogens with zero attached hydrogens (tertiary/aromatic N) is 5. The van der Waals surface area contributed by atoms with Gasteiger partial charge in [-0.05, 0) is 18.1 Å². The number of anilines is 1. The van der Waals surface area contributed by atoms with Gasteiger partial charge in [0.25, 0.3) is 0 Å². The van der Waals surface area contributed by atoms with Crippen molar-refractivity contribution >= 4 is 11.6 Å². The molecule has 26 heavy (non-hydrogen) atoms. The Balaban J connectivity index is 1.25. The second kappa shape index (κ2) is 7.55. The van der Waals surface area contributed by atoms with Gasteiger partial charge in [-0.25, -0.2) is 0 Å². The van der Waals surface area contributed by atoms with Gasteiger partial charge in [0.2, 0.25) is 11.8 Å². The predicted molar refractivity (Wildman–Crippen MR) is 97.7 cm³/mol. The molecule has 2 fully saturated rings. The van der Waals surface area contributed by atoms with Crippen molar-refractivity contribution in [3.8, 4) is 0 Å². The molecule has 0 unspecified atom stereocenters.